The number of hydrogen-bond acceptors (Lipinski definition) is 15. The zero-order valence-electron chi connectivity index (χ0n) is 34.3. The highest BCUT2D eigenvalue weighted by Gasteiger charge is 2.45. The van der Waals surface area contributed by atoms with Gasteiger partial charge >= 0.3 is 6.03 Å². The van der Waals surface area contributed by atoms with E-state index in [0.717, 1.165) is 12.1 Å². The summed E-state index contributed by atoms with van der Waals surface area (Å²) in [5.41, 5.74) is -1.76. The first-order chi connectivity index (χ1) is 31.0. The molecular formula is C37H34N4O21S6. The molecule has 0 aliphatic heterocycles. The number of aryl methyl sites for hydroxylation is 2. The van der Waals surface area contributed by atoms with Crippen molar-refractivity contribution in [1.29, 1.82) is 0 Å². The summed E-state index contributed by atoms with van der Waals surface area (Å²) in [4.78, 5) is 44.0. The molecule has 0 radical (unpaired) electrons. The molecule has 31 heteroatoms. The van der Waals surface area contributed by atoms with Gasteiger partial charge in [-0.1, -0.05) is 11.1 Å². The molecule has 2 aromatic carbocycles. The fourth-order valence-corrected chi connectivity index (χ4v) is 12.1. The van der Waals surface area contributed by atoms with Crippen LogP contribution in [0.25, 0.3) is 0 Å². The molecule has 0 saturated carbocycles. The second-order valence-electron chi connectivity index (χ2n) is 15.3. The predicted octanol–water partition coefficient (Wildman–Crippen LogP) is 2.63. The number of urea groups is 1. The van der Waals surface area contributed by atoms with Gasteiger partial charge in [0.05, 0.1) is 31.0 Å². The van der Waals surface area contributed by atoms with Gasteiger partial charge in [-0.15, -0.1) is 0 Å². The Kier molecular flexibility index (Phi) is 13.7. The van der Waals surface area contributed by atoms with Gasteiger partial charge in [0.1, 0.15) is 10.5 Å². The van der Waals surface area contributed by atoms with Crippen LogP contribution in [0.15, 0.2) is 114 Å². The zero-order valence-corrected chi connectivity index (χ0v) is 39.2. The molecule has 4 unspecified atom stereocenters. The number of nitrogens with zero attached hydrogens (tertiary/aromatic N) is 2. The van der Waals surface area contributed by atoms with Crippen molar-refractivity contribution >= 4 is 101 Å². The Bertz CT molecular complexity index is 3370. The summed E-state index contributed by atoms with van der Waals surface area (Å²) in [6.45, 7) is 2.88. The van der Waals surface area contributed by atoms with E-state index >= 15 is 0 Å². The molecule has 0 heterocycles. The number of benzene rings is 2. The molecule has 0 bridgehead atoms. The molecule has 0 aromatic heterocycles. The number of rotatable bonds is 10. The minimum atomic E-state index is -5.22. The molecule has 4 atom stereocenters. The summed E-state index contributed by atoms with van der Waals surface area (Å²) in [6.07, 6.45) is 2.13. The molecule has 4 aliphatic carbocycles. The van der Waals surface area contributed by atoms with Crippen molar-refractivity contribution in [2.75, 3.05) is 10.6 Å². The van der Waals surface area contributed by atoms with Gasteiger partial charge in [-0.05, 0) is 97.8 Å². The van der Waals surface area contributed by atoms with Crippen LogP contribution in [0.5, 0.6) is 0 Å². The summed E-state index contributed by atoms with van der Waals surface area (Å²) >= 11 is 0. The van der Waals surface area contributed by atoms with Gasteiger partial charge in [0.15, 0.2) is 0 Å². The van der Waals surface area contributed by atoms with Crippen molar-refractivity contribution in [2.24, 2.45) is 21.8 Å². The monoisotopic (exact) mass is 1060 g/mol. The number of hydrogen-bond donors (Lipinski definition) is 8. The molecule has 0 spiro atoms. The molecule has 68 heavy (non-hydrogen) atoms. The van der Waals surface area contributed by atoms with Crippen molar-refractivity contribution in [1.82, 2.24) is 0 Å². The lowest BCUT2D eigenvalue weighted by Crippen LogP contribution is -2.39. The maximum Gasteiger partial charge on any atom is 0.323 e. The largest absolute Gasteiger partial charge is 0.323 e. The van der Waals surface area contributed by atoms with Gasteiger partial charge in [-0.3, -0.25) is 36.9 Å². The minimum absolute atomic E-state index is 0.104. The average molecular weight is 1060 g/mol. The van der Waals surface area contributed by atoms with Crippen molar-refractivity contribution < 1.29 is 92.2 Å². The molecule has 0 fully saturated rings. The fraction of sp³-hybridized carbons (Fsp3) is 0.216. The third-order valence-electron chi connectivity index (χ3n) is 10.6. The number of allylic oxidation sites excluding steroid dienone is 8. The second-order valence-corrected chi connectivity index (χ2v) is 24.2. The third-order valence-corrected chi connectivity index (χ3v) is 16.4. The van der Waals surface area contributed by atoms with E-state index < -0.39 is 145 Å². The number of aliphatic imine (C=N–C) groups is 2. The average Bonchev–Trinajstić information content (AvgIpc) is 3.19. The van der Waals surface area contributed by atoms with Crippen LogP contribution in [0, 0.1) is 25.7 Å². The van der Waals surface area contributed by atoms with Crippen molar-refractivity contribution in [3.63, 3.8) is 0 Å². The van der Waals surface area contributed by atoms with Crippen LogP contribution < -0.4 is 10.6 Å². The summed E-state index contributed by atoms with van der Waals surface area (Å²) in [5, 5.41) is 0.660. The molecule has 6 rings (SSSR count). The Balaban J connectivity index is 1.22. The maximum atomic E-state index is 13.4. The van der Waals surface area contributed by atoms with Crippen LogP contribution in [0.2, 0.25) is 0 Å². The van der Waals surface area contributed by atoms with E-state index in [1.165, 1.54) is 38.1 Å². The van der Waals surface area contributed by atoms with Crippen molar-refractivity contribution in [2.45, 2.75) is 37.2 Å². The second kappa shape index (κ2) is 18.0. The van der Waals surface area contributed by atoms with Crippen LogP contribution in [-0.2, 0) is 60.7 Å². The van der Waals surface area contributed by atoms with E-state index in [1.807, 2.05) is 0 Å². The molecule has 8 N–H and O–H groups in total. The van der Waals surface area contributed by atoms with Gasteiger partial charge in [-0.2, -0.15) is 50.5 Å². The summed E-state index contributed by atoms with van der Waals surface area (Å²) < 4.78 is 204. The van der Waals surface area contributed by atoms with Crippen molar-refractivity contribution in [3.05, 3.63) is 126 Å². The lowest BCUT2D eigenvalue weighted by Gasteiger charge is -2.32. The van der Waals surface area contributed by atoms with Crippen LogP contribution in [0.1, 0.15) is 44.7 Å². The highest BCUT2D eigenvalue weighted by atomic mass is 32.2. The number of nitrogens with one attached hydrogen (secondary N) is 2. The van der Waals surface area contributed by atoms with Crippen LogP contribution in [0.3, 0.4) is 0 Å². The third kappa shape index (κ3) is 11.4. The van der Waals surface area contributed by atoms with Gasteiger partial charge in [0.25, 0.3) is 72.5 Å². The minimum Gasteiger partial charge on any atom is -0.307 e. The van der Waals surface area contributed by atoms with Crippen molar-refractivity contribution in [3.8, 4) is 0 Å². The predicted molar refractivity (Wildman–Crippen MR) is 240 cm³/mol. The van der Waals surface area contributed by atoms with Gasteiger partial charge in [0, 0.05) is 47.2 Å². The number of amides is 4. The molecule has 4 amide bonds. The number of anilines is 2. The van der Waals surface area contributed by atoms with E-state index in [4.69, 9.17) is 0 Å². The first-order valence-corrected chi connectivity index (χ1v) is 27.4. The highest BCUT2D eigenvalue weighted by molar-refractivity contribution is 7.91. The molecule has 4 aliphatic rings. The normalized spacial score (nSPS) is 22.6. The van der Waals surface area contributed by atoms with Gasteiger partial charge in [-0.25, -0.2) is 14.8 Å². The van der Waals surface area contributed by atoms with E-state index in [-0.39, 0.29) is 44.8 Å². The lowest BCUT2D eigenvalue weighted by atomic mass is 9.81. The quantitative estimate of drug-likeness (QED) is 0.159. The molecular weight excluding hydrogens is 1030 g/mol. The van der Waals surface area contributed by atoms with Gasteiger partial charge in [0.2, 0.25) is 0 Å². The Morgan fingerprint density at radius 3 is 1.13 bits per heavy atom. The first kappa shape index (κ1) is 51.7. The van der Waals surface area contributed by atoms with E-state index in [1.54, 1.807) is 0 Å². The van der Waals surface area contributed by atoms with Crippen LogP contribution >= 0.6 is 0 Å². The van der Waals surface area contributed by atoms with Crippen LogP contribution in [0.4, 0.5) is 16.2 Å². The molecule has 0 saturated heterocycles. The number of carbonyl (C=O) groups excluding carboxylic acids is 3. The topological polar surface area (TPSA) is 426 Å². The smallest absolute Gasteiger partial charge is 0.307 e. The molecule has 364 valence electrons. The Morgan fingerprint density at radius 2 is 0.853 bits per heavy atom. The van der Waals surface area contributed by atoms with E-state index in [9.17, 15) is 92.2 Å². The van der Waals surface area contributed by atoms with E-state index in [0.29, 0.717) is 36.5 Å². The summed E-state index contributed by atoms with van der Waals surface area (Å²) in [6, 6.07) is 6.36. The Morgan fingerprint density at radius 1 is 0.515 bits per heavy atom. The molecule has 2 aromatic rings. The first-order valence-electron chi connectivity index (χ1n) is 18.7. The SMILES string of the molecule is Cc1cc(C(=O)N=C2C=C(S(=O)(=O)O)CC3=CC(S(=O)(=O)O)=CC(S(=O)(=O)O)C32)ccc1NC(=O)Nc1ccc(C(=O)N=C2C=C(S(=O)(=O)O)CC3=CC(S(=O)(=O)O)=CC(S(=O)(=O)O)C32)cc1C. The summed E-state index contributed by atoms with van der Waals surface area (Å²) in [7, 11) is -30.8. The Labute approximate surface area is 387 Å². The number of fused-ring (bicyclic) bond motifs is 2. The zero-order chi connectivity index (χ0) is 50.9. The van der Waals surface area contributed by atoms with E-state index in [2.05, 4.69) is 20.6 Å². The lowest BCUT2D eigenvalue weighted by molar-refractivity contribution is 0.0994. The van der Waals surface area contributed by atoms with Crippen LogP contribution in [-0.4, -0.2) is 118 Å². The molecule has 25 nitrogen and oxygen atoms in total. The standard InChI is InChI=1S/C37H34N4O21S6/c1-17-7-19(35(42)38-29-13-23(63(45,46)47)9-21-11-25(65(51,52)53)15-31(33(21)29)67(57,58)59)3-5-27(17)40-37(44)41-28-6-4-20(8-18(28)2)36(43)39-30-14-24(64(48,49)50)10-22-12-26(66(54,55)56)16-32(34(22)30)68(60,61)62/h3-8,11-16,31-34H,9-10H2,1-2H3,(H2,40,41,44)(H,45,46,47)(H,48,49,50)(H,51,52,53)(H,54,55,56)(H,57,58,59)(H,60,61,62). The number of carbonyl (C=O) groups is 3. The van der Waals surface area contributed by atoms with Gasteiger partial charge < -0.3 is 10.6 Å². The fourth-order valence-electron chi connectivity index (χ4n) is 7.52. The summed E-state index contributed by atoms with van der Waals surface area (Å²) in [5.74, 6) is -5.59. The highest BCUT2D eigenvalue weighted by Crippen LogP contribution is 2.41. The maximum absolute atomic E-state index is 13.4. The Hall–Kier alpha value is -5.71.